The maximum absolute atomic E-state index is 11.9. The van der Waals surface area contributed by atoms with E-state index in [1.165, 1.54) is 37.0 Å². The number of aliphatic carboxylic acids is 1. The summed E-state index contributed by atoms with van der Waals surface area (Å²) in [6.07, 6.45) is 12.6. The average Bonchev–Trinajstić information content (AvgIpc) is 2.36. The Morgan fingerprint density at radius 2 is 1.94 bits per heavy atom. The summed E-state index contributed by atoms with van der Waals surface area (Å²) in [6, 6.07) is 0. The number of carbonyl (C=O) groups excluding carboxylic acids is 1. The van der Waals surface area contributed by atoms with Crippen molar-refractivity contribution in [1.29, 1.82) is 0 Å². The number of hydrogen-bond acceptors (Lipinski definition) is 2. The molecule has 18 heavy (non-hydrogen) atoms. The standard InChI is InChI=1S/C14H21NO3/c1-2-10-15(11-14(17)18)13(16)9-8-12-6-4-3-5-7-12/h1,12H,3-11H2,(H,17,18). The first kappa shape index (κ1) is 14.6. The van der Waals surface area contributed by atoms with Crippen LogP contribution < -0.4 is 0 Å². The number of amides is 1. The van der Waals surface area contributed by atoms with E-state index in [0.717, 1.165) is 6.42 Å². The molecule has 1 N–H and O–H groups in total. The summed E-state index contributed by atoms with van der Waals surface area (Å²) in [7, 11) is 0. The maximum Gasteiger partial charge on any atom is 0.323 e. The summed E-state index contributed by atoms with van der Waals surface area (Å²) in [6.45, 7) is -0.219. The molecule has 0 unspecified atom stereocenters. The van der Waals surface area contributed by atoms with Gasteiger partial charge in [-0.25, -0.2) is 0 Å². The number of nitrogens with zero attached hydrogens (tertiary/aromatic N) is 1. The van der Waals surface area contributed by atoms with E-state index in [9.17, 15) is 9.59 Å². The van der Waals surface area contributed by atoms with Gasteiger partial charge in [0.15, 0.2) is 0 Å². The first-order chi connectivity index (χ1) is 8.63. The molecule has 100 valence electrons. The fourth-order valence-electron chi connectivity index (χ4n) is 2.47. The van der Waals surface area contributed by atoms with Gasteiger partial charge in [0.1, 0.15) is 6.54 Å². The van der Waals surface area contributed by atoms with Gasteiger partial charge in [-0.05, 0) is 12.3 Å². The molecule has 1 amide bonds. The third-order valence-electron chi connectivity index (χ3n) is 3.45. The minimum atomic E-state index is -1.02. The largest absolute Gasteiger partial charge is 0.480 e. The topological polar surface area (TPSA) is 57.6 Å². The van der Waals surface area contributed by atoms with E-state index in [1.54, 1.807) is 0 Å². The van der Waals surface area contributed by atoms with Crippen molar-refractivity contribution in [3.8, 4) is 12.3 Å². The normalized spacial score (nSPS) is 15.9. The van der Waals surface area contributed by atoms with E-state index >= 15 is 0 Å². The van der Waals surface area contributed by atoms with Crippen LogP contribution in [-0.2, 0) is 9.59 Å². The lowest BCUT2D eigenvalue weighted by molar-refractivity contribution is -0.144. The highest BCUT2D eigenvalue weighted by Crippen LogP contribution is 2.27. The number of rotatable bonds is 6. The van der Waals surface area contributed by atoms with Crippen molar-refractivity contribution in [3.63, 3.8) is 0 Å². The van der Waals surface area contributed by atoms with Crippen LogP contribution >= 0.6 is 0 Å². The van der Waals surface area contributed by atoms with Gasteiger partial charge in [0.05, 0.1) is 6.54 Å². The first-order valence-electron chi connectivity index (χ1n) is 6.56. The van der Waals surface area contributed by atoms with Gasteiger partial charge < -0.3 is 10.0 Å². The van der Waals surface area contributed by atoms with Crippen molar-refractivity contribution in [2.75, 3.05) is 13.1 Å². The Balaban J connectivity index is 2.35. The van der Waals surface area contributed by atoms with Crippen LogP contribution in [0.3, 0.4) is 0 Å². The van der Waals surface area contributed by atoms with Crippen molar-refractivity contribution in [3.05, 3.63) is 0 Å². The van der Waals surface area contributed by atoms with Gasteiger partial charge in [0.25, 0.3) is 0 Å². The molecule has 1 aliphatic rings. The fourth-order valence-corrected chi connectivity index (χ4v) is 2.47. The molecule has 1 saturated carbocycles. The molecule has 0 aliphatic heterocycles. The zero-order valence-electron chi connectivity index (χ0n) is 10.7. The molecular formula is C14H21NO3. The van der Waals surface area contributed by atoms with E-state index in [0.29, 0.717) is 12.3 Å². The molecule has 1 aliphatic carbocycles. The Hall–Kier alpha value is -1.50. The summed E-state index contributed by atoms with van der Waals surface area (Å²) >= 11 is 0. The second-order valence-corrected chi connectivity index (χ2v) is 4.89. The lowest BCUT2D eigenvalue weighted by Gasteiger charge is -2.23. The van der Waals surface area contributed by atoms with Gasteiger partial charge >= 0.3 is 5.97 Å². The van der Waals surface area contributed by atoms with Crippen LogP contribution in [0.15, 0.2) is 0 Å². The van der Waals surface area contributed by atoms with Gasteiger partial charge in [0.2, 0.25) is 5.91 Å². The number of hydrogen-bond donors (Lipinski definition) is 1. The molecular weight excluding hydrogens is 230 g/mol. The summed E-state index contributed by atoms with van der Waals surface area (Å²) < 4.78 is 0. The van der Waals surface area contributed by atoms with Crippen molar-refractivity contribution in [2.24, 2.45) is 5.92 Å². The van der Waals surface area contributed by atoms with Crippen molar-refractivity contribution >= 4 is 11.9 Å². The van der Waals surface area contributed by atoms with Crippen LogP contribution in [0.5, 0.6) is 0 Å². The molecule has 0 aromatic rings. The highest BCUT2D eigenvalue weighted by atomic mass is 16.4. The molecule has 1 fully saturated rings. The maximum atomic E-state index is 11.9. The molecule has 0 bridgehead atoms. The van der Waals surface area contributed by atoms with E-state index in [1.807, 2.05) is 0 Å². The van der Waals surface area contributed by atoms with Gasteiger partial charge in [-0.15, -0.1) is 6.42 Å². The first-order valence-corrected chi connectivity index (χ1v) is 6.56. The Morgan fingerprint density at radius 1 is 1.28 bits per heavy atom. The third-order valence-corrected chi connectivity index (χ3v) is 3.45. The SMILES string of the molecule is C#CCN(CC(=O)O)C(=O)CCC1CCCCC1. The summed E-state index contributed by atoms with van der Waals surface area (Å²) in [4.78, 5) is 23.8. The summed E-state index contributed by atoms with van der Waals surface area (Å²) in [5.41, 5.74) is 0. The zero-order chi connectivity index (χ0) is 13.4. The highest BCUT2D eigenvalue weighted by molar-refractivity contribution is 5.81. The monoisotopic (exact) mass is 251 g/mol. The van der Waals surface area contributed by atoms with Crippen LogP contribution in [0.4, 0.5) is 0 Å². The van der Waals surface area contributed by atoms with Gasteiger partial charge in [-0.1, -0.05) is 38.0 Å². The summed E-state index contributed by atoms with van der Waals surface area (Å²) in [5, 5.41) is 8.71. The Labute approximate surface area is 108 Å². The lowest BCUT2D eigenvalue weighted by atomic mass is 9.86. The zero-order valence-corrected chi connectivity index (χ0v) is 10.7. The predicted molar refractivity (Wildman–Crippen MR) is 68.9 cm³/mol. The molecule has 0 spiro atoms. The van der Waals surface area contributed by atoms with Crippen molar-refractivity contribution < 1.29 is 14.7 Å². The van der Waals surface area contributed by atoms with Crippen LogP contribution in [0.1, 0.15) is 44.9 Å². The molecule has 0 saturated heterocycles. The molecule has 4 nitrogen and oxygen atoms in total. The van der Waals surface area contributed by atoms with E-state index in [4.69, 9.17) is 11.5 Å². The Morgan fingerprint density at radius 3 is 2.50 bits per heavy atom. The Bertz CT molecular complexity index is 326. The number of terminal acetylenes is 1. The number of carbonyl (C=O) groups is 2. The van der Waals surface area contributed by atoms with E-state index in [-0.39, 0.29) is 19.0 Å². The molecule has 0 atom stereocenters. The second kappa shape index (κ2) is 7.75. The molecule has 0 radical (unpaired) electrons. The smallest absolute Gasteiger partial charge is 0.323 e. The van der Waals surface area contributed by atoms with E-state index < -0.39 is 5.97 Å². The molecule has 0 aromatic carbocycles. The minimum absolute atomic E-state index is 0.0792. The summed E-state index contributed by atoms with van der Waals surface area (Å²) in [5.74, 6) is 1.80. The van der Waals surface area contributed by atoms with Gasteiger partial charge in [0, 0.05) is 6.42 Å². The van der Waals surface area contributed by atoms with Crippen molar-refractivity contribution in [1.82, 2.24) is 4.90 Å². The highest BCUT2D eigenvalue weighted by Gasteiger charge is 2.19. The molecule has 4 heteroatoms. The van der Waals surface area contributed by atoms with Crippen LogP contribution in [0.2, 0.25) is 0 Å². The van der Waals surface area contributed by atoms with Crippen LogP contribution in [0.25, 0.3) is 0 Å². The second-order valence-electron chi connectivity index (χ2n) is 4.89. The van der Waals surface area contributed by atoms with Crippen LogP contribution in [0, 0.1) is 18.3 Å². The van der Waals surface area contributed by atoms with E-state index in [2.05, 4.69) is 5.92 Å². The fraction of sp³-hybridized carbons (Fsp3) is 0.714. The molecule has 1 rings (SSSR count). The minimum Gasteiger partial charge on any atom is -0.480 e. The predicted octanol–water partition coefficient (Wildman–Crippen LogP) is 1.89. The molecule has 0 heterocycles. The Kier molecular flexibility index (Phi) is 6.27. The van der Waals surface area contributed by atoms with Crippen molar-refractivity contribution in [2.45, 2.75) is 44.9 Å². The number of carboxylic acids is 1. The van der Waals surface area contributed by atoms with Gasteiger partial charge in [-0.3, -0.25) is 9.59 Å². The quantitative estimate of drug-likeness (QED) is 0.733. The lowest BCUT2D eigenvalue weighted by Crippen LogP contribution is -2.36. The van der Waals surface area contributed by atoms with Crippen LogP contribution in [-0.4, -0.2) is 35.0 Å². The van der Waals surface area contributed by atoms with Gasteiger partial charge in [-0.2, -0.15) is 0 Å². The third kappa shape index (κ3) is 5.22. The molecule has 0 aromatic heterocycles. The average molecular weight is 251 g/mol. The number of carboxylic acid groups (broad SMARTS) is 1.